The number of carboxylic acid groups (broad SMARTS) is 1. The fourth-order valence-corrected chi connectivity index (χ4v) is 6.30. The largest absolute Gasteiger partial charge is 0.478 e. The maximum Gasteiger partial charge on any atom is 0.418 e. The molecular weight excluding hydrogens is 587 g/mol. The number of alkyl halides is 3. The lowest BCUT2D eigenvalue weighted by Gasteiger charge is -2.38. The molecule has 10 nitrogen and oxygen atoms in total. The van der Waals surface area contributed by atoms with Gasteiger partial charge in [-0.15, -0.1) is 11.3 Å². The Morgan fingerprint density at radius 3 is 2.74 bits per heavy atom. The molecule has 3 atom stereocenters. The number of likely N-dealkylation sites (tertiary alicyclic amines) is 1. The van der Waals surface area contributed by atoms with Crippen molar-refractivity contribution in [1.82, 2.24) is 14.7 Å². The van der Waals surface area contributed by atoms with E-state index in [4.69, 9.17) is 20.3 Å². The van der Waals surface area contributed by atoms with Gasteiger partial charge in [0, 0.05) is 36.3 Å². The topological polar surface area (TPSA) is 135 Å². The van der Waals surface area contributed by atoms with Crippen molar-refractivity contribution < 1.29 is 37.7 Å². The summed E-state index contributed by atoms with van der Waals surface area (Å²) < 4.78 is 54.2. The van der Waals surface area contributed by atoms with E-state index < -0.39 is 18.2 Å². The molecule has 2 aromatic heterocycles. The summed E-state index contributed by atoms with van der Waals surface area (Å²) in [6, 6.07) is 5.19. The number of halogens is 3. The molecule has 1 aliphatic rings. The first-order valence-electron chi connectivity index (χ1n) is 13.9. The second kappa shape index (κ2) is 15.0. The molecule has 3 aromatic rings. The van der Waals surface area contributed by atoms with Crippen LogP contribution in [0.4, 0.5) is 18.9 Å². The SMILES string of the molecule is CN1CCC(Nc2cccc3c(C(O)C(F)(F)F)c(C#CCN)sc23)C(CCOCCOCCn2cc(C(=O)O)cn2)C1. The lowest BCUT2D eigenvalue weighted by molar-refractivity contribution is -0.206. The van der Waals surface area contributed by atoms with Crippen LogP contribution in [-0.2, 0) is 16.0 Å². The minimum absolute atomic E-state index is 0.00693. The fourth-order valence-electron chi connectivity index (χ4n) is 5.12. The van der Waals surface area contributed by atoms with Crippen molar-refractivity contribution in [2.75, 3.05) is 58.4 Å². The summed E-state index contributed by atoms with van der Waals surface area (Å²) in [5, 5.41) is 27.0. The number of nitrogens with two attached hydrogens (primary N) is 1. The molecule has 4 rings (SSSR count). The van der Waals surface area contributed by atoms with Gasteiger partial charge in [-0.25, -0.2) is 4.79 Å². The highest BCUT2D eigenvalue weighted by Crippen LogP contribution is 2.44. The van der Waals surface area contributed by atoms with E-state index in [9.17, 15) is 23.1 Å². The number of piperidine rings is 1. The van der Waals surface area contributed by atoms with Gasteiger partial charge < -0.3 is 35.6 Å². The number of nitrogens with one attached hydrogen (secondary N) is 1. The number of aromatic nitrogens is 2. The standard InChI is InChI=1S/C29H36F3N5O5S/c1-36-10-7-22(19(17-36)8-12-41-14-15-42-13-11-37-18-20(16-34-37)28(39)40)35-23-5-2-4-21-25(27(38)29(30,31)32)24(6-3-9-33)43-26(21)23/h2,4-5,16,18-19,22,27,35,38H,7-15,17,33H2,1H3,(H,39,40). The van der Waals surface area contributed by atoms with E-state index in [1.807, 2.05) is 6.07 Å². The summed E-state index contributed by atoms with van der Waals surface area (Å²) in [4.78, 5) is 13.3. The maximum atomic E-state index is 13.6. The second-order valence-corrected chi connectivity index (χ2v) is 11.4. The predicted octanol–water partition coefficient (Wildman–Crippen LogP) is 3.56. The molecule has 0 amide bonds. The van der Waals surface area contributed by atoms with E-state index in [2.05, 4.69) is 34.2 Å². The smallest absolute Gasteiger partial charge is 0.418 e. The molecule has 5 N–H and O–H groups in total. The Hall–Kier alpha value is -3.19. The van der Waals surface area contributed by atoms with Crippen LogP contribution >= 0.6 is 11.3 Å². The van der Waals surface area contributed by atoms with Crippen molar-refractivity contribution in [1.29, 1.82) is 0 Å². The molecule has 0 bridgehead atoms. The van der Waals surface area contributed by atoms with Crippen LogP contribution in [0, 0.1) is 17.8 Å². The van der Waals surface area contributed by atoms with Gasteiger partial charge in [0.2, 0.25) is 0 Å². The molecule has 0 saturated carbocycles. The Balaban J connectivity index is 1.34. The Labute approximate surface area is 251 Å². The third kappa shape index (κ3) is 8.69. The molecular formula is C29H36F3N5O5S. The monoisotopic (exact) mass is 623 g/mol. The van der Waals surface area contributed by atoms with E-state index in [1.165, 1.54) is 17.1 Å². The van der Waals surface area contributed by atoms with Crippen molar-refractivity contribution in [3.8, 4) is 11.8 Å². The number of hydrogen-bond acceptors (Lipinski definition) is 9. The lowest BCUT2D eigenvalue weighted by atomic mass is 9.89. The van der Waals surface area contributed by atoms with Gasteiger partial charge in [0.15, 0.2) is 6.10 Å². The van der Waals surface area contributed by atoms with E-state index in [1.54, 1.807) is 12.1 Å². The number of rotatable bonds is 13. The number of aliphatic hydroxyl groups excluding tert-OH is 1. The van der Waals surface area contributed by atoms with Crippen LogP contribution in [0.1, 0.15) is 39.7 Å². The highest BCUT2D eigenvalue weighted by molar-refractivity contribution is 7.20. The average Bonchev–Trinajstić information content (AvgIpc) is 3.59. The molecule has 0 aliphatic carbocycles. The highest BCUT2D eigenvalue weighted by Gasteiger charge is 2.42. The number of anilines is 1. The first-order valence-corrected chi connectivity index (χ1v) is 14.8. The van der Waals surface area contributed by atoms with Crippen molar-refractivity contribution in [2.24, 2.45) is 11.7 Å². The number of hydrogen-bond donors (Lipinski definition) is 4. The quantitative estimate of drug-likeness (QED) is 0.167. The van der Waals surface area contributed by atoms with Gasteiger partial charge >= 0.3 is 12.1 Å². The zero-order chi connectivity index (χ0) is 31.0. The van der Waals surface area contributed by atoms with Crippen LogP contribution in [0.2, 0.25) is 0 Å². The Morgan fingerprint density at radius 2 is 2.05 bits per heavy atom. The van der Waals surface area contributed by atoms with Crippen molar-refractivity contribution >= 4 is 33.1 Å². The number of carbonyl (C=O) groups is 1. The molecule has 3 unspecified atom stereocenters. The molecule has 14 heteroatoms. The molecule has 1 aromatic carbocycles. The number of benzene rings is 1. The number of thiophene rings is 1. The van der Waals surface area contributed by atoms with Crippen LogP contribution in [-0.4, -0.2) is 96.2 Å². The minimum atomic E-state index is -4.83. The Bertz CT molecular complexity index is 1430. The summed E-state index contributed by atoms with van der Waals surface area (Å²) >= 11 is 1.12. The van der Waals surface area contributed by atoms with E-state index in [0.29, 0.717) is 48.7 Å². The van der Waals surface area contributed by atoms with Crippen molar-refractivity contribution in [2.45, 2.75) is 37.7 Å². The van der Waals surface area contributed by atoms with Gasteiger partial charge in [-0.3, -0.25) is 4.68 Å². The van der Waals surface area contributed by atoms with Gasteiger partial charge in [0.25, 0.3) is 0 Å². The van der Waals surface area contributed by atoms with Crippen LogP contribution in [0.25, 0.3) is 10.1 Å². The number of aromatic carboxylic acids is 1. The normalized spacial score (nSPS) is 18.4. The third-order valence-electron chi connectivity index (χ3n) is 7.27. The van der Waals surface area contributed by atoms with Crippen LogP contribution < -0.4 is 11.1 Å². The number of carboxylic acids is 1. The maximum absolute atomic E-state index is 13.6. The molecule has 0 spiro atoms. The van der Waals surface area contributed by atoms with Crippen molar-refractivity contribution in [3.05, 3.63) is 46.6 Å². The van der Waals surface area contributed by atoms with Gasteiger partial charge in [-0.1, -0.05) is 24.0 Å². The number of nitrogens with zero attached hydrogens (tertiary/aromatic N) is 3. The molecule has 0 radical (unpaired) electrons. The highest BCUT2D eigenvalue weighted by atomic mass is 32.1. The van der Waals surface area contributed by atoms with Gasteiger partial charge in [0.1, 0.15) is 0 Å². The van der Waals surface area contributed by atoms with Gasteiger partial charge in [-0.05, 0) is 38.4 Å². The first-order chi connectivity index (χ1) is 20.6. The molecule has 3 heterocycles. The van der Waals surface area contributed by atoms with E-state index >= 15 is 0 Å². The number of fused-ring (bicyclic) bond motifs is 1. The molecule has 1 fully saturated rings. The predicted molar refractivity (Wildman–Crippen MR) is 157 cm³/mol. The van der Waals surface area contributed by atoms with Crippen molar-refractivity contribution in [3.63, 3.8) is 0 Å². The zero-order valence-corrected chi connectivity index (χ0v) is 24.6. The van der Waals surface area contributed by atoms with E-state index in [0.717, 1.165) is 37.3 Å². The van der Waals surface area contributed by atoms with Gasteiger partial charge in [-0.2, -0.15) is 18.3 Å². The van der Waals surface area contributed by atoms with Crippen LogP contribution in [0.3, 0.4) is 0 Å². The van der Waals surface area contributed by atoms with E-state index in [-0.39, 0.29) is 34.5 Å². The summed E-state index contributed by atoms with van der Waals surface area (Å²) in [6.07, 6.45) is -3.10. The fraction of sp³-hybridized carbons (Fsp3) is 0.517. The number of ether oxygens (including phenoxy) is 2. The molecule has 43 heavy (non-hydrogen) atoms. The first kappa shape index (κ1) is 32.7. The summed E-state index contributed by atoms with van der Waals surface area (Å²) in [6.45, 7) is 3.83. The molecule has 1 saturated heterocycles. The third-order valence-corrected chi connectivity index (χ3v) is 8.44. The van der Waals surface area contributed by atoms with Gasteiger partial charge in [0.05, 0.1) is 59.9 Å². The summed E-state index contributed by atoms with van der Waals surface area (Å²) in [5.74, 6) is 4.55. The Kier molecular flexibility index (Phi) is 11.4. The average molecular weight is 624 g/mol. The second-order valence-electron chi connectivity index (χ2n) is 10.3. The number of aliphatic hydroxyl groups is 1. The minimum Gasteiger partial charge on any atom is -0.478 e. The zero-order valence-electron chi connectivity index (χ0n) is 23.8. The van der Waals surface area contributed by atoms with Crippen LogP contribution in [0.15, 0.2) is 30.6 Å². The summed E-state index contributed by atoms with van der Waals surface area (Å²) in [7, 11) is 2.06. The lowest BCUT2D eigenvalue weighted by Crippen LogP contribution is -2.45. The molecule has 234 valence electrons. The van der Waals surface area contributed by atoms with Crippen LogP contribution in [0.5, 0.6) is 0 Å². The molecule has 1 aliphatic heterocycles. The summed E-state index contributed by atoms with van der Waals surface area (Å²) in [5.41, 5.74) is 6.07. The Morgan fingerprint density at radius 1 is 1.28 bits per heavy atom.